The summed E-state index contributed by atoms with van der Waals surface area (Å²) in [5.41, 5.74) is 3.10. The Bertz CT molecular complexity index is 1370. The van der Waals surface area contributed by atoms with Crippen LogP contribution in [0.3, 0.4) is 0 Å². The van der Waals surface area contributed by atoms with Crippen molar-refractivity contribution in [1.29, 1.82) is 0 Å². The number of amides is 3. The molecular formula is C27H21N3O3S2. The summed E-state index contributed by atoms with van der Waals surface area (Å²) >= 11 is 6.69. The number of nitrogens with one attached hydrogen (secondary N) is 1. The van der Waals surface area contributed by atoms with E-state index in [4.69, 9.17) is 12.2 Å². The third-order valence-corrected chi connectivity index (χ3v) is 7.38. The molecule has 0 saturated carbocycles. The van der Waals surface area contributed by atoms with Crippen LogP contribution in [-0.4, -0.2) is 33.5 Å². The maximum atomic E-state index is 13.6. The summed E-state index contributed by atoms with van der Waals surface area (Å²) in [6, 6.07) is 25.6. The fourth-order valence-electron chi connectivity index (χ4n) is 4.27. The first-order valence-electron chi connectivity index (χ1n) is 11.1. The first-order chi connectivity index (χ1) is 17.0. The molecule has 3 amide bonds. The molecule has 0 aromatic heterocycles. The minimum Gasteiger partial charge on any atom is -0.325 e. The zero-order valence-corrected chi connectivity index (χ0v) is 20.4. The monoisotopic (exact) mass is 499 g/mol. The number of thiocarbonyl (C=S) groups is 1. The third kappa shape index (κ3) is 4.26. The largest absolute Gasteiger partial charge is 0.325 e. The molecule has 0 spiro atoms. The molecule has 0 bridgehead atoms. The van der Waals surface area contributed by atoms with Crippen molar-refractivity contribution in [3.8, 4) is 0 Å². The number of anilines is 2. The van der Waals surface area contributed by atoms with Crippen LogP contribution in [0.2, 0.25) is 0 Å². The summed E-state index contributed by atoms with van der Waals surface area (Å²) in [6.45, 7) is 1.74. The molecule has 174 valence electrons. The molecule has 35 heavy (non-hydrogen) atoms. The molecule has 3 aromatic carbocycles. The summed E-state index contributed by atoms with van der Waals surface area (Å²) in [6.07, 6.45) is 0. The van der Waals surface area contributed by atoms with Gasteiger partial charge in [0.25, 0.3) is 11.8 Å². The number of hydrogen-bond acceptors (Lipinski definition) is 5. The number of carbonyl (C=O) groups excluding carboxylic acids is 3. The summed E-state index contributed by atoms with van der Waals surface area (Å²) in [5.74, 6) is -1.02. The van der Waals surface area contributed by atoms with E-state index in [2.05, 4.69) is 5.32 Å². The molecule has 5 rings (SSSR count). The number of rotatable bonds is 5. The first kappa shape index (κ1) is 23.0. The maximum absolute atomic E-state index is 13.6. The van der Waals surface area contributed by atoms with E-state index in [1.54, 1.807) is 35.2 Å². The van der Waals surface area contributed by atoms with E-state index in [-0.39, 0.29) is 35.9 Å². The van der Waals surface area contributed by atoms with Gasteiger partial charge in [0.15, 0.2) is 0 Å². The van der Waals surface area contributed by atoms with Crippen molar-refractivity contribution in [2.45, 2.75) is 13.0 Å². The molecule has 2 aliphatic heterocycles. The summed E-state index contributed by atoms with van der Waals surface area (Å²) in [4.78, 5) is 43.2. The molecule has 1 unspecified atom stereocenters. The molecule has 2 heterocycles. The van der Waals surface area contributed by atoms with Crippen molar-refractivity contribution in [1.82, 2.24) is 4.90 Å². The quantitative estimate of drug-likeness (QED) is 0.395. The zero-order valence-electron chi connectivity index (χ0n) is 18.8. The average Bonchev–Trinajstić information content (AvgIpc) is 3.31. The predicted molar refractivity (Wildman–Crippen MR) is 143 cm³/mol. The Morgan fingerprint density at radius 2 is 1.54 bits per heavy atom. The SMILES string of the molecule is CC(c1ccccc1)N1C(=O)/C(=C2/C(=O)N(CC(=O)Nc3ccccc3)c3ccccc32)SC1=S. The second kappa shape index (κ2) is 9.48. The standard InChI is InChI=1S/C27H21N3O3S2/c1-17(18-10-4-2-5-11-18)30-26(33)24(35-27(30)34)23-20-14-8-9-15-21(20)29(25(23)32)16-22(31)28-19-12-6-3-7-13-19/h2-15,17H,16H2,1H3,(H,28,31)/b24-23-. The van der Waals surface area contributed by atoms with Gasteiger partial charge < -0.3 is 5.32 Å². The highest BCUT2D eigenvalue weighted by atomic mass is 32.2. The van der Waals surface area contributed by atoms with Gasteiger partial charge >= 0.3 is 0 Å². The number of hydrogen-bond donors (Lipinski definition) is 1. The van der Waals surface area contributed by atoms with E-state index in [0.717, 1.165) is 17.3 Å². The Hall–Kier alpha value is -3.75. The van der Waals surface area contributed by atoms with Crippen molar-refractivity contribution in [2.75, 3.05) is 16.8 Å². The van der Waals surface area contributed by atoms with Crippen LogP contribution in [0.5, 0.6) is 0 Å². The number of thioether (sulfide) groups is 1. The van der Waals surface area contributed by atoms with Gasteiger partial charge in [-0.2, -0.15) is 0 Å². The lowest BCUT2D eigenvalue weighted by molar-refractivity contribution is -0.123. The highest BCUT2D eigenvalue weighted by Gasteiger charge is 2.43. The van der Waals surface area contributed by atoms with E-state index >= 15 is 0 Å². The highest BCUT2D eigenvalue weighted by Crippen LogP contribution is 2.46. The molecule has 1 atom stereocenters. The molecule has 0 radical (unpaired) electrons. The van der Waals surface area contributed by atoms with Gasteiger partial charge in [-0.1, -0.05) is 90.7 Å². The smallest absolute Gasteiger partial charge is 0.267 e. The van der Waals surface area contributed by atoms with Crippen LogP contribution in [0.25, 0.3) is 5.57 Å². The Balaban J connectivity index is 1.46. The van der Waals surface area contributed by atoms with E-state index in [0.29, 0.717) is 26.2 Å². The molecule has 0 aliphatic carbocycles. The third-order valence-electron chi connectivity index (χ3n) is 5.98. The van der Waals surface area contributed by atoms with E-state index in [1.165, 1.54) is 4.90 Å². The van der Waals surface area contributed by atoms with Crippen LogP contribution >= 0.6 is 24.0 Å². The Morgan fingerprint density at radius 3 is 2.26 bits per heavy atom. The number of fused-ring (bicyclic) bond motifs is 1. The second-order valence-corrected chi connectivity index (χ2v) is 9.80. The molecule has 1 saturated heterocycles. The van der Waals surface area contributed by atoms with Crippen molar-refractivity contribution < 1.29 is 14.4 Å². The topological polar surface area (TPSA) is 69.7 Å². The second-order valence-electron chi connectivity index (χ2n) is 8.16. The maximum Gasteiger partial charge on any atom is 0.267 e. The number of benzene rings is 3. The lowest BCUT2D eigenvalue weighted by Gasteiger charge is -2.23. The molecular weight excluding hydrogens is 478 g/mol. The van der Waals surface area contributed by atoms with E-state index < -0.39 is 0 Å². The summed E-state index contributed by atoms with van der Waals surface area (Å²) in [7, 11) is 0. The van der Waals surface area contributed by atoms with Gasteiger partial charge in [0, 0.05) is 11.3 Å². The minimum atomic E-state index is -0.387. The Labute approximate surface area is 212 Å². The van der Waals surface area contributed by atoms with Crippen LogP contribution < -0.4 is 10.2 Å². The van der Waals surface area contributed by atoms with Crippen molar-refractivity contribution in [2.24, 2.45) is 0 Å². The Morgan fingerprint density at radius 1 is 0.914 bits per heavy atom. The molecule has 1 fully saturated rings. The van der Waals surface area contributed by atoms with Crippen LogP contribution in [-0.2, 0) is 14.4 Å². The van der Waals surface area contributed by atoms with Crippen LogP contribution in [0.15, 0.2) is 89.8 Å². The van der Waals surface area contributed by atoms with Crippen LogP contribution in [0.1, 0.15) is 24.1 Å². The molecule has 2 aliphatic rings. The number of para-hydroxylation sites is 2. The summed E-state index contributed by atoms with van der Waals surface area (Å²) < 4.78 is 0.402. The number of nitrogens with zero attached hydrogens (tertiary/aromatic N) is 2. The van der Waals surface area contributed by atoms with Crippen LogP contribution in [0.4, 0.5) is 11.4 Å². The van der Waals surface area contributed by atoms with Gasteiger partial charge in [0.1, 0.15) is 10.9 Å². The van der Waals surface area contributed by atoms with Gasteiger partial charge in [-0.05, 0) is 30.7 Å². The lowest BCUT2D eigenvalue weighted by Crippen LogP contribution is -2.35. The van der Waals surface area contributed by atoms with Gasteiger partial charge in [-0.25, -0.2) is 0 Å². The zero-order chi connectivity index (χ0) is 24.5. The van der Waals surface area contributed by atoms with Crippen molar-refractivity contribution >= 4 is 63.0 Å². The van der Waals surface area contributed by atoms with E-state index in [9.17, 15) is 14.4 Å². The highest BCUT2D eigenvalue weighted by molar-refractivity contribution is 8.26. The molecule has 1 N–H and O–H groups in total. The van der Waals surface area contributed by atoms with E-state index in [1.807, 2.05) is 61.5 Å². The molecule has 6 nitrogen and oxygen atoms in total. The lowest BCUT2D eigenvalue weighted by atomic mass is 10.1. The Kier molecular flexibility index (Phi) is 6.23. The summed E-state index contributed by atoms with van der Waals surface area (Å²) in [5, 5.41) is 2.81. The average molecular weight is 500 g/mol. The van der Waals surface area contributed by atoms with Gasteiger partial charge in [-0.3, -0.25) is 24.2 Å². The van der Waals surface area contributed by atoms with Crippen molar-refractivity contribution in [3.63, 3.8) is 0 Å². The predicted octanol–water partition coefficient (Wildman–Crippen LogP) is 5.00. The normalized spacial score (nSPS) is 18.1. The fourth-order valence-corrected chi connectivity index (χ4v) is 5.76. The van der Waals surface area contributed by atoms with Gasteiger partial charge in [-0.15, -0.1) is 0 Å². The molecule has 8 heteroatoms. The van der Waals surface area contributed by atoms with Crippen LogP contribution in [0, 0.1) is 0 Å². The molecule has 3 aromatic rings. The van der Waals surface area contributed by atoms with Gasteiger partial charge in [0.05, 0.1) is 22.2 Å². The minimum absolute atomic E-state index is 0.172. The number of carbonyl (C=O) groups is 3. The van der Waals surface area contributed by atoms with Crippen molar-refractivity contribution in [3.05, 3.63) is 101 Å². The fraction of sp³-hybridized carbons (Fsp3) is 0.111. The first-order valence-corrected chi connectivity index (χ1v) is 12.3. The van der Waals surface area contributed by atoms with Gasteiger partial charge in [0.2, 0.25) is 5.91 Å².